The summed E-state index contributed by atoms with van der Waals surface area (Å²) in [6, 6.07) is 10.0. The molecule has 0 amide bonds. The van der Waals surface area contributed by atoms with Crippen molar-refractivity contribution in [1.82, 2.24) is 0 Å². The van der Waals surface area contributed by atoms with Gasteiger partial charge in [-0.05, 0) is 5.56 Å². The van der Waals surface area contributed by atoms with Gasteiger partial charge >= 0.3 is 0 Å². The zero-order valence-corrected chi connectivity index (χ0v) is 7.09. The van der Waals surface area contributed by atoms with Crippen molar-refractivity contribution in [3.8, 4) is 12.3 Å². The van der Waals surface area contributed by atoms with Crippen LogP contribution in [0.15, 0.2) is 30.3 Å². The lowest BCUT2D eigenvalue weighted by Crippen LogP contribution is -1.86. The monoisotopic (exact) mass is 162 g/mol. The first-order chi connectivity index (χ1) is 5.34. The Labute approximate surface area is 73.0 Å². The van der Waals surface area contributed by atoms with Crippen LogP contribution in [0.3, 0.4) is 0 Å². The number of benzene rings is 1. The highest BCUT2D eigenvalue weighted by Crippen LogP contribution is 2.21. The van der Waals surface area contributed by atoms with E-state index in [1.54, 1.807) is 0 Å². The van der Waals surface area contributed by atoms with Crippen molar-refractivity contribution in [2.45, 2.75) is 11.7 Å². The summed E-state index contributed by atoms with van der Waals surface area (Å²) in [4.78, 5) is 0. The molecule has 0 saturated heterocycles. The predicted molar refractivity (Wildman–Crippen MR) is 51.6 cm³/mol. The van der Waals surface area contributed by atoms with Crippen LogP contribution in [0.2, 0.25) is 0 Å². The first-order valence-electron chi connectivity index (χ1n) is 3.51. The van der Waals surface area contributed by atoms with Gasteiger partial charge in [0.05, 0.1) is 0 Å². The molecule has 0 radical (unpaired) electrons. The fourth-order valence-corrected chi connectivity index (χ4v) is 1.18. The topological polar surface area (TPSA) is 0 Å². The molecule has 1 heteroatoms. The Balaban J connectivity index is 2.70. The Morgan fingerprint density at radius 3 is 2.55 bits per heavy atom. The average Bonchev–Trinajstić information content (AvgIpc) is 2.07. The molecular weight excluding hydrogens is 152 g/mol. The molecule has 1 atom stereocenters. The summed E-state index contributed by atoms with van der Waals surface area (Å²) in [6.07, 6.45) is 5.86. The molecule has 0 spiro atoms. The van der Waals surface area contributed by atoms with Gasteiger partial charge in [0.1, 0.15) is 0 Å². The van der Waals surface area contributed by atoms with Crippen molar-refractivity contribution in [3.05, 3.63) is 35.9 Å². The van der Waals surface area contributed by atoms with Crippen LogP contribution in [0.1, 0.15) is 17.2 Å². The Kier molecular flexibility index (Phi) is 3.07. The van der Waals surface area contributed by atoms with Gasteiger partial charge in [-0.15, -0.1) is 12.3 Å². The van der Waals surface area contributed by atoms with Crippen molar-refractivity contribution >= 4 is 12.6 Å². The van der Waals surface area contributed by atoms with E-state index in [0.717, 1.165) is 0 Å². The van der Waals surface area contributed by atoms with E-state index in [0.29, 0.717) is 6.42 Å². The Bertz CT molecular complexity index is 245. The second-order valence-electron chi connectivity index (χ2n) is 2.33. The van der Waals surface area contributed by atoms with Gasteiger partial charge in [0, 0.05) is 11.7 Å². The molecule has 0 bridgehead atoms. The van der Waals surface area contributed by atoms with Crippen LogP contribution in [-0.2, 0) is 0 Å². The van der Waals surface area contributed by atoms with Crippen molar-refractivity contribution in [2.24, 2.45) is 0 Å². The third-order valence-corrected chi connectivity index (χ3v) is 1.98. The third kappa shape index (κ3) is 2.32. The minimum atomic E-state index is 0.182. The van der Waals surface area contributed by atoms with Crippen LogP contribution in [-0.4, -0.2) is 0 Å². The Morgan fingerprint density at radius 1 is 1.36 bits per heavy atom. The molecule has 1 aromatic carbocycles. The Morgan fingerprint density at radius 2 is 2.00 bits per heavy atom. The number of hydrogen-bond acceptors (Lipinski definition) is 1. The minimum absolute atomic E-state index is 0.182. The summed E-state index contributed by atoms with van der Waals surface area (Å²) in [6.45, 7) is 0. The quantitative estimate of drug-likeness (QED) is 0.501. The highest BCUT2D eigenvalue weighted by atomic mass is 32.1. The van der Waals surface area contributed by atoms with Crippen LogP contribution >= 0.6 is 12.6 Å². The maximum atomic E-state index is 5.17. The first-order valence-corrected chi connectivity index (χ1v) is 4.02. The van der Waals surface area contributed by atoms with Gasteiger partial charge in [0.15, 0.2) is 0 Å². The minimum Gasteiger partial charge on any atom is -0.170 e. The Hall–Kier alpha value is -0.870. The van der Waals surface area contributed by atoms with E-state index in [2.05, 4.69) is 18.5 Å². The smallest absolute Gasteiger partial charge is 0.0376 e. The fourth-order valence-electron chi connectivity index (χ4n) is 0.905. The van der Waals surface area contributed by atoms with Gasteiger partial charge < -0.3 is 0 Å². The van der Waals surface area contributed by atoms with Crippen molar-refractivity contribution in [3.63, 3.8) is 0 Å². The molecular formula is C10H10S. The van der Waals surface area contributed by atoms with E-state index >= 15 is 0 Å². The van der Waals surface area contributed by atoms with Gasteiger partial charge in [-0.1, -0.05) is 30.3 Å². The van der Waals surface area contributed by atoms with Gasteiger partial charge in [-0.2, -0.15) is 12.6 Å². The van der Waals surface area contributed by atoms with Gasteiger partial charge in [-0.25, -0.2) is 0 Å². The third-order valence-electron chi connectivity index (χ3n) is 1.50. The standard InChI is InChI=1S/C10H10S/c1-2-6-10(11)9-7-4-3-5-8-9/h1,3-5,7-8,10-11H,6H2. The summed E-state index contributed by atoms with van der Waals surface area (Å²) in [7, 11) is 0. The lowest BCUT2D eigenvalue weighted by molar-refractivity contribution is 1.01. The van der Waals surface area contributed by atoms with E-state index in [4.69, 9.17) is 6.42 Å². The molecule has 0 saturated carbocycles. The second kappa shape index (κ2) is 4.10. The molecule has 0 aliphatic rings. The van der Waals surface area contributed by atoms with E-state index in [1.165, 1.54) is 5.56 Å². The van der Waals surface area contributed by atoms with E-state index in [1.807, 2.05) is 30.3 Å². The van der Waals surface area contributed by atoms with Crippen LogP contribution in [0.5, 0.6) is 0 Å². The maximum Gasteiger partial charge on any atom is 0.0376 e. The average molecular weight is 162 g/mol. The number of rotatable bonds is 2. The van der Waals surface area contributed by atoms with E-state index in [-0.39, 0.29) is 5.25 Å². The van der Waals surface area contributed by atoms with Crippen LogP contribution < -0.4 is 0 Å². The number of thiol groups is 1. The highest BCUT2D eigenvalue weighted by Gasteiger charge is 2.01. The molecule has 0 N–H and O–H groups in total. The van der Waals surface area contributed by atoms with Crippen LogP contribution in [0.4, 0.5) is 0 Å². The number of hydrogen-bond donors (Lipinski definition) is 1. The summed E-state index contributed by atoms with van der Waals surface area (Å²) in [5, 5.41) is 0.182. The first kappa shape index (κ1) is 8.23. The molecule has 0 aliphatic heterocycles. The lowest BCUT2D eigenvalue weighted by atomic mass is 10.1. The molecule has 0 aliphatic carbocycles. The van der Waals surface area contributed by atoms with Gasteiger partial charge in [0.25, 0.3) is 0 Å². The molecule has 1 unspecified atom stereocenters. The van der Waals surface area contributed by atoms with Crippen LogP contribution in [0.25, 0.3) is 0 Å². The number of terminal acetylenes is 1. The molecule has 0 heterocycles. The van der Waals surface area contributed by atoms with Gasteiger partial charge in [-0.3, -0.25) is 0 Å². The molecule has 0 fully saturated rings. The SMILES string of the molecule is C#CCC(S)c1ccccc1. The second-order valence-corrected chi connectivity index (χ2v) is 2.96. The molecule has 56 valence electrons. The maximum absolute atomic E-state index is 5.17. The normalized spacial score (nSPS) is 12.0. The summed E-state index contributed by atoms with van der Waals surface area (Å²) < 4.78 is 0. The summed E-state index contributed by atoms with van der Waals surface area (Å²) in [5.74, 6) is 2.59. The fraction of sp³-hybridized carbons (Fsp3) is 0.200. The van der Waals surface area contributed by atoms with E-state index < -0.39 is 0 Å². The molecule has 1 aromatic rings. The van der Waals surface area contributed by atoms with Gasteiger partial charge in [0.2, 0.25) is 0 Å². The largest absolute Gasteiger partial charge is 0.170 e. The van der Waals surface area contributed by atoms with Crippen LogP contribution in [0, 0.1) is 12.3 Å². The lowest BCUT2D eigenvalue weighted by Gasteiger charge is -2.05. The van der Waals surface area contributed by atoms with Crippen molar-refractivity contribution in [2.75, 3.05) is 0 Å². The summed E-state index contributed by atoms with van der Waals surface area (Å²) in [5.41, 5.74) is 1.19. The summed E-state index contributed by atoms with van der Waals surface area (Å²) >= 11 is 4.36. The zero-order valence-electron chi connectivity index (χ0n) is 6.20. The molecule has 0 nitrogen and oxygen atoms in total. The highest BCUT2D eigenvalue weighted by molar-refractivity contribution is 7.80. The zero-order chi connectivity index (χ0) is 8.10. The van der Waals surface area contributed by atoms with Crippen molar-refractivity contribution < 1.29 is 0 Å². The van der Waals surface area contributed by atoms with E-state index in [9.17, 15) is 0 Å². The van der Waals surface area contributed by atoms with Crippen molar-refractivity contribution in [1.29, 1.82) is 0 Å². The molecule has 11 heavy (non-hydrogen) atoms. The predicted octanol–water partition coefficient (Wildman–Crippen LogP) is 2.68. The molecule has 1 rings (SSSR count). The molecule has 0 aromatic heterocycles.